The molecule has 0 bridgehead atoms. The summed E-state index contributed by atoms with van der Waals surface area (Å²) in [5, 5.41) is 8.82. The molecule has 0 aliphatic carbocycles. The van der Waals surface area contributed by atoms with Crippen LogP contribution in [0.5, 0.6) is 11.5 Å². The highest BCUT2D eigenvalue weighted by atomic mass is 19.1. The molecule has 4 nitrogen and oxygen atoms in total. The van der Waals surface area contributed by atoms with Crippen LogP contribution in [0.25, 0.3) is 0 Å². The van der Waals surface area contributed by atoms with Crippen molar-refractivity contribution in [3.05, 3.63) is 23.0 Å². The molecular formula is C11H13FN2O2. The molecule has 0 amide bonds. The molecule has 1 rings (SSSR count). The number of hydrogen-bond donors (Lipinski definition) is 1. The standard InChI is InChI=1S/C11H13FN2O2/c1-15-9-5-7(3-4-13)11(16-2)10(12)8(9)6-14/h5H,3-4,13H2,1-2H3. The first-order valence-electron chi connectivity index (χ1n) is 4.73. The Morgan fingerprint density at radius 2 is 2.12 bits per heavy atom. The molecule has 16 heavy (non-hydrogen) atoms. The summed E-state index contributed by atoms with van der Waals surface area (Å²) in [4.78, 5) is 0. The van der Waals surface area contributed by atoms with Gasteiger partial charge in [0.15, 0.2) is 11.6 Å². The second kappa shape index (κ2) is 5.33. The first-order valence-corrected chi connectivity index (χ1v) is 4.73. The molecule has 0 heterocycles. The zero-order chi connectivity index (χ0) is 12.1. The Hall–Kier alpha value is -1.80. The predicted octanol–water partition coefficient (Wildman–Crippen LogP) is 1.22. The summed E-state index contributed by atoms with van der Waals surface area (Å²) in [7, 11) is 2.74. The van der Waals surface area contributed by atoms with Crippen LogP contribution >= 0.6 is 0 Å². The summed E-state index contributed by atoms with van der Waals surface area (Å²) in [6, 6.07) is 3.32. The molecule has 0 atom stereocenters. The fourth-order valence-corrected chi connectivity index (χ4v) is 1.49. The van der Waals surface area contributed by atoms with E-state index in [9.17, 15) is 4.39 Å². The smallest absolute Gasteiger partial charge is 0.186 e. The third kappa shape index (κ3) is 2.07. The molecule has 0 unspecified atom stereocenters. The van der Waals surface area contributed by atoms with Gasteiger partial charge in [-0.05, 0) is 19.0 Å². The number of ether oxygens (including phenoxy) is 2. The van der Waals surface area contributed by atoms with Crippen molar-refractivity contribution < 1.29 is 13.9 Å². The number of hydrogen-bond acceptors (Lipinski definition) is 4. The Kier molecular flexibility index (Phi) is 4.09. The highest BCUT2D eigenvalue weighted by molar-refractivity contribution is 5.53. The van der Waals surface area contributed by atoms with Crippen molar-refractivity contribution in [3.63, 3.8) is 0 Å². The van der Waals surface area contributed by atoms with E-state index >= 15 is 0 Å². The summed E-state index contributed by atoms with van der Waals surface area (Å²) in [5.41, 5.74) is 5.86. The topological polar surface area (TPSA) is 68.3 Å². The van der Waals surface area contributed by atoms with Crippen LogP contribution in [-0.2, 0) is 6.42 Å². The minimum absolute atomic E-state index is 0.0581. The van der Waals surface area contributed by atoms with Gasteiger partial charge in [0.1, 0.15) is 17.4 Å². The van der Waals surface area contributed by atoms with E-state index in [0.717, 1.165) is 0 Å². The van der Waals surface area contributed by atoms with Gasteiger partial charge in [-0.3, -0.25) is 0 Å². The van der Waals surface area contributed by atoms with Crippen molar-refractivity contribution in [3.8, 4) is 17.6 Å². The fourth-order valence-electron chi connectivity index (χ4n) is 1.49. The molecule has 5 heteroatoms. The van der Waals surface area contributed by atoms with Crippen LogP contribution in [0.3, 0.4) is 0 Å². The Labute approximate surface area is 93.4 Å². The lowest BCUT2D eigenvalue weighted by Gasteiger charge is -2.12. The van der Waals surface area contributed by atoms with Crippen LogP contribution in [0.1, 0.15) is 11.1 Å². The van der Waals surface area contributed by atoms with Crippen LogP contribution < -0.4 is 15.2 Å². The van der Waals surface area contributed by atoms with Crippen LogP contribution in [0.4, 0.5) is 4.39 Å². The molecule has 2 N–H and O–H groups in total. The number of methoxy groups -OCH3 is 2. The van der Waals surface area contributed by atoms with Gasteiger partial charge in [-0.25, -0.2) is 4.39 Å². The average molecular weight is 224 g/mol. The molecule has 0 saturated heterocycles. The van der Waals surface area contributed by atoms with Crippen molar-refractivity contribution in [1.82, 2.24) is 0 Å². The van der Waals surface area contributed by atoms with E-state index in [1.165, 1.54) is 14.2 Å². The highest BCUT2D eigenvalue weighted by Gasteiger charge is 2.19. The van der Waals surface area contributed by atoms with Gasteiger partial charge < -0.3 is 15.2 Å². The largest absolute Gasteiger partial charge is 0.495 e. The zero-order valence-electron chi connectivity index (χ0n) is 9.21. The Morgan fingerprint density at radius 3 is 2.56 bits per heavy atom. The van der Waals surface area contributed by atoms with Crippen LogP contribution in [-0.4, -0.2) is 20.8 Å². The van der Waals surface area contributed by atoms with Crippen LogP contribution in [0.15, 0.2) is 6.07 Å². The number of nitriles is 1. The van der Waals surface area contributed by atoms with E-state index in [0.29, 0.717) is 18.5 Å². The van der Waals surface area contributed by atoms with Crippen molar-refractivity contribution in [2.75, 3.05) is 20.8 Å². The summed E-state index contributed by atoms with van der Waals surface area (Å²) >= 11 is 0. The number of benzene rings is 1. The van der Waals surface area contributed by atoms with Gasteiger partial charge in [-0.1, -0.05) is 0 Å². The van der Waals surface area contributed by atoms with E-state index in [-0.39, 0.29) is 17.1 Å². The van der Waals surface area contributed by atoms with Gasteiger partial charge in [0.05, 0.1) is 14.2 Å². The van der Waals surface area contributed by atoms with Gasteiger partial charge in [-0.2, -0.15) is 5.26 Å². The second-order valence-corrected chi connectivity index (χ2v) is 3.11. The Balaban J connectivity index is 3.42. The number of halogens is 1. The minimum Gasteiger partial charge on any atom is -0.495 e. The molecule has 0 aliphatic heterocycles. The fraction of sp³-hybridized carbons (Fsp3) is 0.364. The highest BCUT2D eigenvalue weighted by Crippen LogP contribution is 2.32. The molecule has 1 aromatic rings. The molecule has 0 fully saturated rings. The Morgan fingerprint density at radius 1 is 1.44 bits per heavy atom. The first kappa shape index (κ1) is 12.3. The monoisotopic (exact) mass is 224 g/mol. The third-order valence-corrected chi connectivity index (χ3v) is 2.21. The Bertz CT molecular complexity index is 427. The van der Waals surface area contributed by atoms with Gasteiger partial charge in [0.2, 0.25) is 0 Å². The lowest BCUT2D eigenvalue weighted by Crippen LogP contribution is -2.07. The SMILES string of the molecule is COc1cc(CCN)c(OC)c(F)c1C#N. The minimum atomic E-state index is -0.701. The lowest BCUT2D eigenvalue weighted by molar-refractivity contribution is 0.371. The van der Waals surface area contributed by atoms with Crippen molar-refractivity contribution in [2.24, 2.45) is 5.73 Å². The maximum atomic E-state index is 13.8. The van der Waals surface area contributed by atoms with Crippen LogP contribution in [0, 0.1) is 17.1 Å². The van der Waals surface area contributed by atoms with Crippen molar-refractivity contribution in [1.29, 1.82) is 5.26 Å². The van der Waals surface area contributed by atoms with Gasteiger partial charge >= 0.3 is 0 Å². The zero-order valence-corrected chi connectivity index (χ0v) is 9.21. The summed E-state index contributed by atoms with van der Waals surface area (Å²) in [6.45, 7) is 0.366. The molecule has 0 aromatic heterocycles. The number of nitrogens with two attached hydrogens (primary N) is 1. The first-order chi connectivity index (χ1) is 7.69. The van der Waals surface area contributed by atoms with Gasteiger partial charge in [0.25, 0.3) is 0 Å². The number of rotatable bonds is 4. The van der Waals surface area contributed by atoms with Crippen molar-refractivity contribution >= 4 is 0 Å². The van der Waals surface area contributed by atoms with E-state index in [2.05, 4.69) is 0 Å². The molecule has 86 valence electrons. The third-order valence-electron chi connectivity index (χ3n) is 2.21. The normalized spacial score (nSPS) is 9.69. The number of nitrogens with zero attached hydrogens (tertiary/aromatic N) is 1. The molecule has 1 aromatic carbocycles. The molecule has 0 saturated carbocycles. The van der Waals surface area contributed by atoms with Crippen molar-refractivity contribution in [2.45, 2.75) is 6.42 Å². The van der Waals surface area contributed by atoms with E-state index in [4.69, 9.17) is 20.5 Å². The summed E-state index contributed by atoms with van der Waals surface area (Å²) in [6.07, 6.45) is 0.460. The summed E-state index contributed by atoms with van der Waals surface area (Å²) in [5.74, 6) is -0.445. The average Bonchev–Trinajstić information content (AvgIpc) is 2.29. The van der Waals surface area contributed by atoms with Gasteiger partial charge in [-0.15, -0.1) is 0 Å². The van der Waals surface area contributed by atoms with E-state index < -0.39 is 5.82 Å². The molecular weight excluding hydrogens is 211 g/mol. The maximum absolute atomic E-state index is 13.8. The quantitative estimate of drug-likeness (QED) is 0.834. The molecule has 0 aliphatic rings. The predicted molar refractivity (Wildman–Crippen MR) is 57.0 cm³/mol. The maximum Gasteiger partial charge on any atom is 0.186 e. The molecule has 0 spiro atoms. The van der Waals surface area contributed by atoms with E-state index in [1.807, 2.05) is 0 Å². The second-order valence-electron chi connectivity index (χ2n) is 3.11. The van der Waals surface area contributed by atoms with Crippen LogP contribution in [0.2, 0.25) is 0 Å². The van der Waals surface area contributed by atoms with Gasteiger partial charge in [0, 0.05) is 5.56 Å². The lowest BCUT2D eigenvalue weighted by atomic mass is 10.1. The summed E-state index contributed by atoms with van der Waals surface area (Å²) < 4.78 is 23.7. The molecule has 0 radical (unpaired) electrons. The van der Waals surface area contributed by atoms with E-state index in [1.54, 1.807) is 12.1 Å².